The molecule has 3 N–H and O–H groups in total. The number of carbonyl (C=O) groups is 1. The Hall–Kier alpha value is -1.60. The van der Waals surface area contributed by atoms with Crippen LogP contribution in [0.5, 0.6) is 0 Å². The van der Waals surface area contributed by atoms with E-state index in [1.807, 2.05) is 6.92 Å². The van der Waals surface area contributed by atoms with Gasteiger partial charge >= 0.3 is 0 Å². The smallest absolute Gasteiger partial charge is 0.232 e. The molecule has 1 fully saturated rings. The van der Waals surface area contributed by atoms with Crippen molar-refractivity contribution < 1.29 is 13.2 Å². The molecule has 1 aliphatic rings. The molecule has 1 amide bonds. The molecule has 6 nitrogen and oxygen atoms in total. The highest BCUT2D eigenvalue weighted by Gasteiger charge is 2.22. The summed E-state index contributed by atoms with van der Waals surface area (Å²) in [6, 6.07) is 5.21. The van der Waals surface area contributed by atoms with Gasteiger partial charge in [0, 0.05) is 12.1 Å². The summed E-state index contributed by atoms with van der Waals surface area (Å²) >= 11 is 0. The van der Waals surface area contributed by atoms with Crippen LogP contribution in [0.1, 0.15) is 38.7 Å². The van der Waals surface area contributed by atoms with Crippen molar-refractivity contribution in [1.82, 2.24) is 5.32 Å². The Morgan fingerprint density at radius 2 is 2.00 bits per heavy atom. The summed E-state index contributed by atoms with van der Waals surface area (Å²) in [5.41, 5.74) is 2.02. The number of anilines is 2. The normalized spacial score (nSPS) is 17.1. The Kier molecular flexibility index (Phi) is 6.84. The highest BCUT2D eigenvalue weighted by Crippen LogP contribution is 2.25. The van der Waals surface area contributed by atoms with Crippen molar-refractivity contribution in [3.63, 3.8) is 0 Å². The molecule has 7 heteroatoms. The van der Waals surface area contributed by atoms with Gasteiger partial charge in [0.05, 0.1) is 11.4 Å². The van der Waals surface area contributed by atoms with Gasteiger partial charge in [-0.15, -0.1) is 0 Å². The van der Waals surface area contributed by atoms with Crippen molar-refractivity contribution in [2.75, 3.05) is 28.9 Å². The van der Waals surface area contributed by atoms with E-state index in [1.165, 1.54) is 0 Å². The van der Waals surface area contributed by atoms with Gasteiger partial charge in [0.15, 0.2) is 0 Å². The standard InChI is InChI=1S/C18H29N3O3S/c1-4-25(23,24)21-17-6-5-16(11-14(17)3)20-18(22)12-13(2)15-7-9-19-10-8-15/h5-6,11,13,15,19,21H,4,7-10,12H2,1-3H3,(H,20,22). The molecule has 140 valence electrons. The highest BCUT2D eigenvalue weighted by atomic mass is 32.2. The third kappa shape index (κ3) is 6.01. The predicted octanol–water partition coefficient (Wildman–Crippen LogP) is 2.72. The first kappa shape index (κ1) is 19.7. The second-order valence-electron chi connectivity index (χ2n) is 6.85. The Labute approximate surface area is 150 Å². The average molecular weight is 368 g/mol. The molecular formula is C18H29N3O3S. The van der Waals surface area contributed by atoms with Gasteiger partial charge in [0.25, 0.3) is 0 Å². The van der Waals surface area contributed by atoms with Crippen molar-refractivity contribution in [1.29, 1.82) is 0 Å². The number of carbonyl (C=O) groups excluding carboxylic acids is 1. The largest absolute Gasteiger partial charge is 0.326 e. The summed E-state index contributed by atoms with van der Waals surface area (Å²) in [6.45, 7) is 7.62. The molecule has 1 aromatic rings. The molecule has 2 rings (SSSR count). The minimum Gasteiger partial charge on any atom is -0.326 e. The quantitative estimate of drug-likeness (QED) is 0.691. The van der Waals surface area contributed by atoms with Crippen LogP contribution in [0, 0.1) is 18.8 Å². The molecule has 0 bridgehead atoms. The number of amides is 1. The fourth-order valence-electron chi connectivity index (χ4n) is 3.18. The van der Waals surface area contributed by atoms with Crippen LogP contribution in [0.4, 0.5) is 11.4 Å². The first-order valence-electron chi connectivity index (χ1n) is 8.92. The lowest BCUT2D eigenvalue weighted by Gasteiger charge is -2.27. The lowest BCUT2D eigenvalue weighted by Crippen LogP contribution is -2.32. The van der Waals surface area contributed by atoms with E-state index >= 15 is 0 Å². The SMILES string of the molecule is CCS(=O)(=O)Nc1ccc(NC(=O)CC(C)C2CCNCC2)cc1C. The zero-order valence-corrected chi connectivity index (χ0v) is 16.1. The third-order valence-corrected chi connectivity index (χ3v) is 6.14. The van der Waals surface area contributed by atoms with Crippen molar-refractivity contribution >= 4 is 27.3 Å². The Balaban J connectivity index is 1.93. The Bertz CT molecular complexity index is 698. The molecule has 0 spiro atoms. The van der Waals surface area contributed by atoms with Crippen LogP contribution in [0.15, 0.2) is 18.2 Å². The number of benzene rings is 1. The number of aryl methyl sites for hydroxylation is 1. The fraction of sp³-hybridized carbons (Fsp3) is 0.611. The molecule has 1 aromatic carbocycles. The van der Waals surface area contributed by atoms with E-state index in [4.69, 9.17) is 0 Å². The molecule has 1 aliphatic heterocycles. The van der Waals surface area contributed by atoms with Crippen LogP contribution in [0.3, 0.4) is 0 Å². The zero-order chi connectivity index (χ0) is 18.4. The van der Waals surface area contributed by atoms with Gasteiger partial charge in [-0.1, -0.05) is 6.92 Å². The summed E-state index contributed by atoms with van der Waals surface area (Å²) < 4.78 is 25.9. The third-order valence-electron chi connectivity index (χ3n) is 4.85. The van der Waals surface area contributed by atoms with Gasteiger partial charge in [0.1, 0.15) is 0 Å². The summed E-state index contributed by atoms with van der Waals surface area (Å²) in [5.74, 6) is 0.991. The van der Waals surface area contributed by atoms with Crippen LogP contribution in [-0.2, 0) is 14.8 Å². The molecule has 0 aromatic heterocycles. The van der Waals surface area contributed by atoms with Crippen molar-refractivity contribution in [2.24, 2.45) is 11.8 Å². The van der Waals surface area contributed by atoms with E-state index < -0.39 is 10.0 Å². The minimum atomic E-state index is -3.30. The Morgan fingerprint density at radius 3 is 2.60 bits per heavy atom. The van der Waals surface area contributed by atoms with Gasteiger partial charge in [-0.25, -0.2) is 8.42 Å². The highest BCUT2D eigenvalue weighted by molar-refractivity contribution is 7.92. The van der Waals surface area contributed by atoms with E-state index in [-0.39, 0.29) is 11.7 Å². The van der Waals surface area contributed by atoms with Gasteiger partial charge in [-0.05, 0) is 75.4 Å². The maximum atomic E-state index is 12.3. The van der Waals surface area contributed by atoms with E-state index in [9.17, 15) is 13.2 Å². The first-order valence-corrected chi connectivity index (χ1v) is 10.6. The average Bonchev–Trinajstić information content (AvgIpc) is 2.58. The lowest BCUT2D eigenvalue weighted by atomic mass is 9.84. The molecule has 1 saturated heterocycles. The molecule has 0 saturated carbocycles. The molecule has 1 atom stereocenters. The number of sulfonamides is 1. The van der Waals surface area contributed by atoms with Crippen LogP contribution in [0.25, 0.3) is 0 Å². The van der Waals surface area contributed by atoms with Gasteiger partial charge < -0.3 is 10.6 Å². The van der Waals surface area contributed by atoms with Gasteiger partial charge in [0.2, 0.25) is 15.9 Å². The van der Waals surface area contributed by atoms with Crippen LogP contribution in [0.2, 0.25) is 0 Å². The lowest BCUT2D eigenvalue weighted by molar-refractivity contribution is -0.117. The maximum absolute atomic E-state index is 12.3. The van der Waals surface area contributed by atoms with E-state index in [2.05, 4.69) is 22.3 Å². The van der Waals surface area contributed by atoms with Crippen molar-refractivity contribution in [3.05, 3.63) is 23.8 Å². The summed E-state index contributed by atoms with van der Waals surface area (Å²) in [4.78, 5) is 12.3. The van der Waals surface area contributed by atoms with E-state index in [0.717, 1.165) is 31.5 Å². The fourth-order valence-corrected chi connectivity index (χ4v) is 3.89. The molecule has 25 heavy (non-hydrogen) atoms. The zero-order valence-electron chi connectivity index (χ0n) is 15.3. The summed E-state index contributed by atoms with van der Waals surface area (Å²) in [6.07, 6.45) is 2.76. The molecular weight excluding hydrogens is 338 g/mol. The number of piperidine rings is 1. The van der Waals surface area contributed by atoms with E-state index in [1.54, 1.807) is 25.1 Å². The number of hydrogen-bond acceptors (Lipinski definition) is 4. The number of hydrogen-bond donors (Lipinski definition) is 3. The number of rotatable bonds is 7. The van der Waals surface area contributed by atoms with Crippen LogP contribution < -0.4 is 15.4 Å². The predicted molar refractivity (Wildman–Crippen MR) is 102 cm³/mol. The van der Waals surface area contributed by atoms with E-state index in [0.29, 0.717) is 29.6 Å². The molecule has 1 heterocycles. The van der Waals surface area contributed by atoms with Crippen LogP contribution >= 0.6 is 0 Å². The van der Waals surface area contributed by atoms with Gasteiger partial charge in [-0.3, -0.25) is 9.52 Å². The molecule has 0 radical (unpaired) electrons. The second kappa shape index (κ2) is 8.67. The molecule has 1 unspecified atom stereocenters. The Morgan fingerprint density at radius 1 is 1.32 bits per heavy atom. The van der Waals surface area contributed by atoms with Gasteiger partial charge in [-0.2, -0.15) is 0 Å². The van der Waals surface area contributed by atoms with Crippen molar-refractivity contribution in [3.8, 4) is 0 Å². The monoisotopic (exact) mass is 367 g/mol. The summed E-state index contributed by atoms with van der Waals surface area (Å²) in [5, 5.41) is 6.27. The topological polar surface area (TPSA) is 87.3 Å². The van der Waals surface area contributed by atoms with Crippen molar-refractivity contribution in [2.45, 2.75) is 40.0 Å². The minimum absolute atomic E-state index is 0.00678. The number of nitrogens with one attached hydrogen (secondary N) is 3. The maximum Gasteiger partial charge on any atom is 0.232 e. The van der Waals surface area contributed by atoms with Crippen LogP contribution in [-0.4, -0.2) is 33.2 Å². The summed E-state index contributed by atoms with van der Waals surface area (Å²) in [7, 11) is -3.30. The first-order chi connectivity index (χ1) is 11.8. The molecule has 0 aliphatic carbocycles. The second-order valence-corrected chi connectivity index (χ2v) is 8.86.